The summed E-state index contributed by atoms with van der Waals surface area (Å²) in [5.74, 6) is 0.485. The van der Waals surface area contributed by atoms with E-state index in [-0.39, 0.29) is 5.91 Å². The average Bonchev–Trinajstić information content (AvgIpc) is 2.66. The minimum atomic E-state index is -0.0454. The smallest absolute Gasteiger partial charge is 0.252 e. The Balaban J connectivity index is 2.00. The Kier molecular flexibility index (Phi) is 3.78. The van der Waals surface area contributed by atoms with E-state index >= 15 is 0 Å². The summed E-state index contributed by atoms with van der Waals surface area (Å²) in [7, 11) is 0. The van der Waals surface area contributed by atoms with Gasteiger partial charge in [-0.2, -0.15) is 0 Å². The zero-order valence-corrected chi connectivity index (χ0v) is 14.2. The van der Waals surface area contributed by atoms with Crippen LogP contribution in [0.2, 0.25) is 0 Å². The topological polar surface area (TPSA) is 29.1 Å². The first kappa shape index (κ1) is 14.9. The Morgan fingerprint density at radius 1 is 1.32 bits per heavy atom. The third-order valence-electron chi connectivity index (χ3n) is 4.99. The number of carbonyl (C=O) groups excluding carboxylic acids is 1. The van der Waals surface area contributed by atoms with Crippen molar-refractivity contribution in [1.82, 2.24) is 5.32 Å². The summed E-state index contributed by atoms with van der Waals surface area (Å²) in [5, 5.41) is 3.03. The highest BCUT2D eigenvalue weighted by Gasteiger charge is 2.64. The van der Waals surface area contributed by atoms with Crippen LogP contribution in [0.4, 0.5) is 0 Å². The van der Waals surface area contributed by atoms with Crippen molar-refractivity contribution in [3.8, 4) is 0 Å². The minimum absolute atomic E-state index is 0.0454. The monoisotopic (exact) mass is 341 g/mol. The molecule has 1 saturated carbocycles. The summed E-state index contributed by atoms with van der Waals surface area (Å²) in [5.41, 5.74) is 1.22. The van der Waals surface area contributed by atoms with E-state index in [1.807, 2.05) is 12.1 Å². The van der Waals surface area contributed by atoms with Crippen molar-refractivity contribution in [3.05, 3.63) is 28.2 Å². The third kappa shape index (κ3) is 2.57. The fourth-order valence-corrected chi connectivity index (χ4v) is 3.68. The second-order valence-corrected chi connectivity index (χ2v) is 7.76. The Labute approximate surface area is 128 Å². The lowest BCUT2D eigenvalue weighted by Gasteiger charge is -2.08. The standard InChI is InChI=1S/C15H20BrNOS/c1-14(2)12(15(14,3)4)8-17-13(18)10-6-5-9(16)7-11(10)19/h5-7,12,19H,8H2,1-4H3,(H,17,18). The van der Waals surface area contributed by atoms with Gasteiger partial charge in [0.15, 0.2) is 0 Å². The number of carbonyl (C=O) groups is 1. The molecule has 1 N–H and O–H groups in total. The summed E-state index contributed by atoms with van der Waals surface area (Å²) >= 11 is 7.71. The van der Waals surface area contributed by atoms with Crippen LogP contribution in [0.1, 0.15) is 38.1 Å². The van der Waals surface area contributed by atoms with Crippen LogP contribution in [-0.2, 0) is 0 Å². The highest BCUT2D eigenvalue weighted by molar-refractivity contribution is 9.10. The second kappa shape index (κ2) is 4.81. The Morgan fingerprint density at radius 3 is 2.37 bits per heavy atom. The molecule has 2 nitrogen and oxygen atoms in total. The molecule has 4 heteroatoms. The van der Waals surface area contributed by atoms with Crippen molar-refractivity contribution in [1.29, 1.82) is 0 Å². The first-order valence-electron chi connectivity index (χ1n) is 6.44. The predicted molar refractivity (Wildman–Crippen MR) is 84.8 cm³/mol. The molecule has 0 spiro atoms. The number of thiol groups is 1. The van der Waals surface area contributed by atoms with Gasteiger partial charge in [-0.05, 0) is 34.9 Å². The van der Waals surface area contributed by atoms with E-state index in [1.54, 1.807) is 6.07 Å². The molecular formula is C15H20BrNOS. The number of halogens is 1. The number of hydrogen-bond acceptors (Lipinski definition) is 2. The number of benzene rings is 1. The second-order valence-electron chi connectivity index (χ2n) is 6.37. The molecule has 0 radical (unpaired) electrons. The summed E-state index contributed by atoms with van der Waals surface area (Å²) in [6, 6.07) is 5.49. The van der Waals surface area contributed by atoms with Gasteiger partial charge in [-0.15, -0.1) is 12.6 Å². The number of nitrogens with one attached hydrogen (secondary N) is 1. The first-order chi connectivity index (χ1) is 8.68. The molecule has 0 atom stereocenters. The van der Waals surface area contributed by atoms with Crippen LogP contribution in [0.25, 0.3) is 0 Å². The lowest BCUT2D eigenvalue weighted by atomic mass is 10.0. The number of rotatable bonds is 3. The van der Waals surface area contributed by atoms with Gasteiger partial charge in [-0.1, -0.05) is 43.6 Å². The Bertz CT molecular complexity index is 511. The minimum Gasteiger partial charge on any atom is -0.352 e. The van der Waals surface area contributed by atoms with E-state index in [9.17, 15) is 4.79 Å². The lowest BCUT2D eigenvalue weighted by molar-refractivity contribution is 0.0947. The quantitative estimate of drug-likeness (QED) is 0.794. The van der Waals surface area contributed by atoms with Crippen molar-refractivity contribution >= 4 is 34.5 Å². The predicted octanol–water partition coefficient (Wildman–Crippen LogP) is 4.15. The van der Waals surface area contributed by atoms with Crippen molar-refractivity contribution in [2.45, 2.75) is 32.6 Å². The fourth-order valence-electron chi connectivity index (χ4n) is 2.83. The van der Waals surface area contributed by atoms with Gasteiger partial charge in [-0.3, -0.25) is 4.79 Å². The summed E-state index contributed by atoms with van der Waals surface area (Å²) < 4.78 is 0.929. The van der Waals surface area contributed by atoms with E-state index in [4.69, 9.17) is 0 Å². The molecule has 1 fully saturated rings. The van der Waals surface area contributed by atoms with Crippen molar-refractivity contribution in [2.75, 3.05) is 6.54 Å². The average molecular weight is 342 g/mol. The molecule has 19 heavy (non-hydrogen) atoms. The molecule has 1 aromatic rings. The Hall–Kier alpha value is -0.480. The molecule has 1 amide bonds. The molecule has 0 aliphatic heterocycles. The molecule has 104 valence electrons. The molecule has 1 aliphatic rings. The molecule has 0 unspecified atom stereocenters. The first-order valence-corrected chi connectivity index (χ1v) is 7.68. The van der Waals surface area contributed by atoms with Gasteiger partial charge < -0.3 is 5.32 Å². The van der Waals surface area contributed by atoms with E-state index in [2.05, 4.69) is 61.6 Å². The van der Waals surface area contributed by atoms with Gasteiger partial charge in [0.25, 0.3) is 5.91 Å². The Morgan fingerprint density at radius 2 is 1.89 bits per heavy atom. The maximum atomic E-state index is 12.2. The molecule has 0 saturated heterocycles. The molecular weight excluding hydrogens is 322 g/mol. The highest BCUT2D eigenvalue weighted by atomic mass is 79.9. The largest absolute Gasteiger partial charge is 0.352 e. The van der Waals surface area contributed by atoms with Crippen LogP contribution < -0.4 is 5.32 Å². The SMILES string of the molecule is CC1(C)C(CNC(=O)c2ccc(Br)cc2S)C1(C)C. The van der Waals surface area contributed by atoms with Crippen LogP contribution in [0.15, 0.2) is 27.6 Å². The lowest BCUT2D eigenvalue weighted by Crippen LogP contribution is -2.27. The summed E-state index contributed by atoms with van der Waals surface area (Å²) in [6.07, 6.45) is 0. The molecule has 0 bridgehead atoms. The van der Waals surface area contributed by atoms with Crippen LogP contribution in [0.5, 0.6) is 0 Å². The van der Waals surface area contributed by atoms with Gasteiger partial charge in [0.1, 0.15) is 0 Å². The fraction of sp³-hybridized carbons (Fsp3) is 0.533. The maximum Gasteiger partial charge on any atom is 0.252 e. The molecule has 1 aliphatic carbocycles. The zero-order chi connectivity index (χ0) is 14.4. The van der Waals surface area contributed by atoms with Crippen molar-refractivity contribution < 1.29 is 4.79 Å². The van der Waals surface area contributed by atoms with Gasteiger partial charge in [0, 0.05) is 15.9 Å². The number of hydrogen-bond donors (Lipinski definition) is 2. The van der Waals surface area contributed by atoms with Crippen LogP contribution >= 0.6 is 28.6 Å². The maximum absolute atomic E-state index is 12.2. The molecule has 1 aromatic carbocycles. The number of amides is 1. The summed E-state index contributed by atoms with van der Waals surface area (Å²) in [6.45, 7) is 9.75. The highest BCUT2D eigenvalue weighted by Crippen LogP contribution is 2.67. The normalized spacial score (nSPS) is 20.1. The summed E-state index contributed by atoms with van der Waals surface area (Å²) in [4.78, 5) is 12.9. The van der Waals surface area contributed by atoms with Gasteiger partial charge in [-0.25, -0.2) is 0 Å². The zero-order valence-electron chi connectivity index (χ0n) is 11.7. The van der Waals surface area contributed by atoms with Gasteiger partial charge in [0.2, 0.25) is 0 Å². The van der Waals surface area contributed by atoms with Crippen LogP contribution in [0, 0.1) is 16.7 Å². The van der Waals surface area contributed by atoms with Gasteiger partial charge in [0.05, 0.1) is 5.56 Å². The van der Waals surface area contributed by atoms with E-state index in [0.29, 0.717) is 27.2 Å². The molecule has 2 rings (SSSR count). The van der Waals surface area contributed by atoms with Crippen LogP contribution in [-0.4, -0.2) is 12.5 Å². The van der Waals surface area contributed by atoms with Crippen molar-refractivity contribution in [2.24, 2.45) is 16.7 Å². The van der Waals surface area contributed by atoms with Crippen LogP contribution in [0.3, 0.4) is 0 Å². The van der Waals surface area contributed by atoms with Gasteiger partial charge >= 0.3 is 0 Å². The van der Waals surface area contributed by atoms with E-state index < -0.39 is 0 Å². The van der Waals surface area contributed by atoms with E-state index in [1.165, 1.54) is 0 Å². The molecule has 0 heterocycles. The van der Waals surface area contributed by atoms with E-state index in [0.717, 1.165) is 11.0 Å². The third-order valence-corrected chi connectivity index (χ3v) is 5.85. The molecule has 0 aromatic heterocycles. The van der Waals surface area contributed by atoms with Crippen molar-refractivity contribution in [3.63, 3.8) is 0 Å².